The van der Waals surface area contributed by atoms with Gasteiger partial charge >= 0.3 is 0 Å². The Morgan fingerprint density at radius 1 is 0.744 bits per heavy atom. The van der Waals surface area contributed by atoms with Crippen molar-refractivity contribution in [2.75, 3.05) is 17.2 Å². The summed E-state index contributed by atoms with van der Waals surface area (Å²) in [6, 6.07) is 38.2. The number of nitrogens with one attached hydrogen (secondary N) is 2. The van der Waals surface area contributed by atoms with Gasteiger partial charge in [-0.25, -0.2) is 0 Å². The van der Waals surface area contributed by atoms with Crippen molar-refractivity contribution >= 4 is 45.7 Å². The van der Waals surface area contributed by atoms with Crippen molar-refractivity contribution in [2.45, 2.75) is 17.1 Å². The fourth-order valence-electron chi connectivity index (χ4n) is 4.27. The number of amides is 2. The van der Waals surface area contributed by atoms with E-state index in [-0.39, 0.29) is 11.8 Å². The molecule has 39 heavy (non-hydrogen) atoms. The second-order valence-electron chi connectivity index (χ2n) is 8.87. The summed E-state index contributed by atoms with van der Waals surface area (Å²) in [5.41, 5.74) is 2.75. The van der Waals surface area contributed by atoms with Crippen LogP contribution in [0.5, 0.6) is 5.75 Å². The molecule has 0 aliphatic heterocycles. The Balaban J connectivity index is 1.36. The molecule has 6 heteroatoms. The van der Waals surface area contributed by atoms with Crippen LogP contribution in [-0.4, -0.2) is 18.4 Å². The van der Waals surface area contributed by atoms with Crippen molar-refractivity contribution in [1.29, 1.82) is 0 Å². The third-order valence-electron chi connectivity index (χ3n) is 6.14. The number of carbonyl (C=O) groups is 2. The van der Waals surface area contributed by atoms with Crippen molar-refractivity contribution in [3.63, 3.8) is 0 Å². The van der Waals surface area contributed by atoms with Crippen LogP contribution in [-0.2, 0) is 4.79 Å². The molecular weight excluding hydrogens is 504 g/mol. The van der Waals surface area contributed by atoms with E-state index in [1.165, 1.54) is 11.8 Å². The molecule has 0 aromatic heterocycles. The molecule has 1 atom stereocenters. The molecule has 5 aromatic rings. The molecule has 0 fully saturated rings. The predicted octanol–water partition coefficient (Wildman–Crippen LogP) is 7.96. The zero-order chi connectivity index (χ0) is 27.0. The zero-order valence-corrected chi connectivity index (χ0v) is 22.3. The van der Waals surface area contributed by atoms with Gasteiger partial charge in [0.05, 0.1) is 12.3 Å². The lowest BCUT2D eigenvalue weighted by molar-refractivity contribution is -0.115. The fourth-order valence-corrected chi connectivity index (χ4v) is 5.35. The van der Waals surface area contributed by atoms with Crippen molar-refractivity contribution in [2.24, 2.45) is 0 Å². The van der Waals surface area contributed by atoms with Gasteiger partial charge < -0.3 is 15.4 Å². The van der Waals surface area contributed by atoms with Gasteiger partial charge in [0.25, 0.3) is 5.91 Å². The highest BCUT2D eigenvalue weighted by Crippen LogP contribution is 2.38. The second kappa shape index (κ2) is 12.3. The van der Waals surface area contributed by atoms with Crippen molar-refractivity contribution in [3.8, 4) is 5.75 Å². The number of ether oxygens (including phenoxy) is 1. The Kier molecular flexibility index (Phi) is 8.24. The first kappa shape index (κ1) is 26.1. The summed E-state index contributed by atoms with van der Waals surface area (Å²) in [4.78, 5) is 27.4. The maximum absolute atomic E-state index is 13.6. The van der Waals surface area contributed by atoms with Crippen LogP contribution in [0.1, 0.15) is 28.1 Å². The van der Waals surface area contributed by atoms with Gasteiger partial charge in [-0.2, -0.15) is 0 Å². The van der Waals surface area contributed by atoms with Gasteiger partial charge in [0.15, 0.2) is 0 Å². The maximum atomic E-state index is 13.6. The number of carbonyl (C=O) groups excluding carboxylic acids is 2. The summed E-state index contributed by atoms with van der Waals surface area (Å²) in [5.74, 6) is 0.278. The summed E-state index contributed by atoms with van der Waals surface area (Å²) >= 11 is 1.42. The Morgan fingerprint density at radius 2 is 1.49 bits per heavy atom. The number of hydrogen-bond donors (Lipinski definition) is 2. The van der Waals surface area contributed by atoms with Crippen LogP contribution in [0.4, 0.5) is 11.4 Å². The van der Waals surface area contributed by atoms with E-state index in [0.29, 0.717) is 29.3 Å². The first-order valence-electron chi connectivity index (χ1n) is 12.8. The molecule has 5 aromatic carbocycles. The monoisotopic (exact) mass is 532 g/mol. The van der Waals surface area contributed by atoms with E-state index in [2.05, 4.69) is 10.6 Å². The summed E-state index contributed by atoms with van der Waals surface area (Å²) < 4.78 is 5.69. The van der Waals surface area contributed by atoms with Crippen molar-refractivity contribution in [1.82, 2.24) is 0 Å². The number of hydrogen-bond acceptors (Lipinski definition) is 4. The SMILES string of the molecule is CCOc1ccccc1NC(=O)C(Sc1cccc(NC(=O)c2ccc3ccccc3c2)c1)c1ccccc1. The summed E-state index contributed by atoms with van der Waals surface area (Å²) in [6.45, 7) is 2.41. The third-order valence-corrected chi connectivity index (χ3v) is 7.39. The molecule has 0 bridgehead atoms. The zero-order valence-electron chi connectivity index (χ0n) is 21.5. The highest BCUT2D eigenvalue weighted by atomic mass is 32.2. The second-order valence-corrected chi connectivity index (χ2v) is 10.0. The molecular formula is C33H28N2O3S. The van der Waals surface area contributed by atoms with Crippen molar-refractivity contribution < 1.29 is 14.3 Å². The summed E-state index contributed by atoms with van der Waals surface area (Å²) in [5, 5.41) is 7.62. The van der Waals surface area contributed by atoms with E-state index >= 15 is 0 Å². The van der Waals surface area contributed by atoms with Crippen LogP contribution < -0.4 is 15.4 Å². The van der Waals surface area contributed by atoms with Gasteiger partial charge in [0.1, 0.15) is 11.0 Å². The van der Waals surface area contributed by atoms with E-state index in [4.69, 9.17) is 4.74 Å². The molecule has 0 aliphatic carbocycles. The molecule has 0 spiro atoms. The van der Waals surface area contributed by atoms with Crippen LogP contribution in [0.25, 0.3) is 10.8 Å². The minimum atomic E-state index is -0.521. The molecule has 1 unspecified atom stereocenters. The van der Waals surface area contributed by atoms with E-state index in [0.717, 1.165) is 21.2 Å². The van der Waals surface area contributed by atoms with E-state index < -0.39 is 5.25 Å². The number of para-hydroxylation sites is 2. The molecule has 0 saturated carbocycles. The van der Waals surface area contributed by atoms with Gasteiger partial charge in [-0.3, -0.25) is 9.59 Å². The van der Waals surface area contributed by atoms with Gasteiger partial charge in [0.2, 0.25) is 5.91 Å². The highest BCUT2D eigenvalue weighted by Gasteiger charge is 2.23. The number of benzene rings is 5. The summed E-state index contributed by atoms with van der Waals surface area (Å²) in [7, 11) is 0. The van der Waals surface area contributed by atoms with E-state index in [1.54, 1.807) is 0 Å². The topological polar surface area (TPSA) is 67.4 Å². The number of thioether (sulfide) groups is 1. The number of fused-ring (bicyclic) bond motifs is 1. The standard InChI is InChI=1S/C33H28N2O3S/c1-2-38-30-18-9-8-17-29(30)35-33(37)31(24-12-4-3-5-13-24)39-28-16-10-15-27(22-28)34-32(36)26-20-19-23-11-6-7-14-25(23)21-26/h3-22,31H,2H2,1H3,(H,34,36)(H,35,37). The highest BCUT2D eigenvalue weighted by molar-refractivity contribution is 8.00. The molecule has 0 saturated heterocycles. The lowest BCUT2D eigenvalue weighted by atomic mass is 10.1. The molecule has 2 N–H and O–H groups in total. The molecule has 2 amide bonds. The molecule has 0 aliphatic rings. The smallest absolute Gasteiger partial charge is 0.255 e. The molecule has 5 rings (SSSR count). The van der Waals surface area contributed by atoms with Gasteiger partial charge in [-0.15, -0.1) is 11.8 Å². The molecule has 0 radical (unpaired) electrons. The minimum absolute atomic E-state index is 0.163. The normalized spacial score (nSPS) is 11.5. The summed E-state index contributed by atoms with van der Waals surface area (Å²) in [6.07, 6.45) is 0. The number of anilines is 2. The first-order valence-corrected chi connectivity index (χ1v) is 13.6. The predicted molar refractivity (Wildman–Crippen MR) is 160 cm³/mol. The fraction of sp³-hybridized carbons (Fsp3) is 0.0909. The van der Waals surface area contributed by atoms with Crippen LogP contribution in [0.2, 0.25) is 0 Å². The molecule has 0 heterocycles. The van der Waals surface area contributed by atoms with Crippen LogP contribution in [0.15, 0.2) is 126 Å². The van der Waals surface area contributed by atoms with Crippen LogP contribution >= 0.6 is 11.8 Å². The van der Waals surface area contributed by atoms with Crippen LogP contribution in [0, 0.1) is 0 Å². The minimum Gasteiger partial charge on any atom is -0.492 e. The Hall–Kier alpha value is -4.55. The average molecular weight is 533 g/mol. The average Bonchev–Trinajstić information content (AvgIpc) is 2.97. The quantitative estimate of drug-likeness (QED) is 0.189. The Labute approximate surface area is 232 Å². The lowest BCUT2D eigenvalue weighted by Gasteiger charge is -2.19. The molecule has 5 nitrogen and oxygen atoms in total. The first-order chi connectivity index (χ1) is 19.1. The Morgan fingerprint density at radius 3 is 2.31 bits per heavy atom. The lowest BCUT2D eigenvalue weighted by Crippen LogP contribution is -2.19. The maximum Gasteiger partial charge on any atom is 0.255 e. The van der Waals surface area contributed by atoms with E-state index in [1.807, 2.05) is 128 Å². The van der Waals surface area contributed by atoms with Gasteiger partial charge in [-0.1, -0.05) is 78.9 Å². The van der Waals surface area contributed by atoms with Crippen molar-refractivity contribution in [3.05, 3.63) is 132 Å². The van der Waals surface area contributed by atoms with Gasteiger partial charge in [0, 0.05) is 16.1 Å². The van der Waals surface area contributed by atoms with Gasteiger partial charge in [-0.05, 0) is 65.7 Å². The largest absolute Gasteiger partial charge is 0.492 e. The third kappa shape index (κ3) is 6.48. The van der Waals surface area contributed by atoms with Crippen LogP contribution in [0.3, 0.4) is 0 Å². The Bertz CT molecular complexity index is 1600. The number of rotatable bonds is 9. The van der Waals surface area contributed by atoms with E-state index in [9.17, 15) is 9.59 Å². The molecule has 194 valence electrons.